The van der Waals surface area contributed by atoms with E-state index in [1.165, 1.54) is 23.5 Å². The Kier molecular flexibility index (Phi) is 8.39. The van der Waals surface area contributed by atoms with E-state index in [0.717, 1.165) is 29.3 Å². The molecule has 2 heterocycles. The van der Waals surface area contributed by atoms with Gasteiger partial charge < -0.3 is 16.2 Å². The number of nitrogens with zero attached hydrogens (tertiary/aromatic N) is 4. The number of nitriles is 1. The topological polar surface area (TPSA) is 162 Å². The fourth-order valence-corrected chi connectivity index (χ4v) is 7.13. The molecule has 1 aliphatic carbocycles. The molecule has 0 saturated heterocycles. The van der Waals surface area contributed by atoms with Gasteiger partial charge in [0.15, 0.2) is 10.1 Å². The Balaban J connectivity index is 1.45. The van der Waals surface area contributed by atoms with Crippen molar-refractivity contribution >= 4 is 51.6 Å². The first-order valence-corrected chi connectivity index (χ1v) is 15.5. The number of hydrogen-bond donors (Lipinski definition) is 3. The lowest BCUT2D eigenvalue weighted by atomic mass is 9.68. The number of ketones is 1. The third-order valence-electron chi connectivity index (χ3n) is 7.45. The van der Waals surface area contributed by atoms with Crippen molar-refractivity contribution in [1.29, 1.82) is 5.26 Å². The van der Waals surface area contributed by atoms with Crippen LogP contribution in [0, 0.1) is 16.7 Å². The zero-order valence-corrected chi connectivity index (χ0v) is 25.5. The van der Waals surface area contributed by atoms with E-state index in [1.807, 2.05) is 38.1 Å². The Labute approximate surface area is 257 Å². The van der Waals surface area contributed by atoms with E-state index in [9.17, 15) is 24.8 Å². The smallest absolute Gasteiger partial charge is 0.337 e. The van der Waals surface area contributed by atoms with Crippen molar-refractivity contribution in [3.8, 4) is 6.07 Å². The Morgan fingerprint density at radius 3 is 2.58 bits per heavy atom. The quantitative estimate of drug-likeness (QED) is 0.277. The van der Waals surface area contributed by atoms with Crippen LogP contribution in [0.1, 0.15) is 61.0 Å². The monoisotopic (exact) mass is 614 g/mol. The molecule has 2 aliphatic rings. The van der Waals surface area contributed by atoms with Crippen molar-refractivity contribution in [3.63, 3.8) is 0 Å². The molecule has 0 saturated carbocycles. The second-order valence-electron chi connectivity index (χ2n) is 11.1. The number of carboxylic acid groups (broad SMARTS) is 1. The molecule has 1 aromatic heterocycles. The molecular weight excluding hydrogens is 585 g/mol. The Morgan fingerprint density at radius 1 is 1.19 bits per heavy atom. The predicted octanol–water partition coefficient (Wildman–Crippen LogP) is 5.47. The Bertz CT molecular complexity index is 1720. The maximum atomic E-state index is 13.7. The number of carbonyl (C=O) groups is 3. The second kappa shape index (κ2) is 12.0. The normalized spacial score (nSPS) is 17.9. The van der Waals surface area contributed by atoms with Crippen LogP contribution in [-0.4, -0.2) is 38.7 Å². The van der Waals surface area contributed by atoms with Crippen LogP contribution in [0.3, 0.4) is 0 Å². The number of aromatic nitrogens is 2. The molecule has 1 aliphatic heterocycles. The van der Waals surface area contributed by atoms with Gasteiger partial charge in [0.1, 0.15) is 5.82 Å². The zero-order valence-electron chi connectivity index (χ0n) is 23.9. The van der Waals surface area contributed by atoms with Gasteiger partial charge in [0.25, 0.3) is 0 Å². The van der Waals surface area contributed by atoms with Crippen LogP contribution in [0.15, 0.2) is 75.5 Å². The fraction of sp³-hybridized carbons (Fsp3) is 0.290. The molecule has 0 spiro atoms. The summed E-state index contributed by atoms with van der Waals surface area (Å²) >= 11 is 2.33. The summed E-state index contributed by atoms with van der Waals surface area (Å²) in [5, 5.41) is 31.3. The zero-order chi connectivity index (χ0) is 30.9. The number of para-hydroxylation sites is 1. The van der Waals surface area contributed by atoms with Gasteiger partial charge >= 0.3 is 5.97 Å². The van der Waals surface area contributed by atoms with Gasteiger partial charge in [0, 0.05) is 17.7 Å². The summed E-state index contributed by atoms with van der Waals surface area (Å²) in [7, 11) is 0. The maximum absolute atomic E-state index is 13.7. The summed E-state index contributed by atoms with van der Waals surface area (Å²) in [5.74, 6) is -1.98. The molecule has 2 aromatic carbocycles. The van der Waals surface area contributed by atoms with Crippen molar-refractivity contribution in [2.75, 3.05) is 16.0 Å². The number of carboxylic acids is 1. The van der Waals surface area contributed by atoms with Crippen molar-refractivity contribution < 1.29 is 19.5 Å². The van der Waals surface area contributed by atoms with Crippen LogP contribution in [0.25, 0.3) is 0 Å². The highest BCUT2D eigenvalue weighted by Gasteiger charge is 2.45. The molecule has 0 bridgehead atoms. The number of allylic oxidation sites excluding steroid dienone is 3. The largest absolute Gasteiger partial charge is 0.478 e. The number of nitrogens with one attached hydrogen (secondary N) is 1. The molecule has 3 aromatic rings. The Morgan fingerprint density at radius 2 is 1.91 bits per heavy atom. The van der Waals surface area contributed by atoms with Crippen molar-refractivity contribution in [2.24, 2.45) is 11.1 Å². The summed E-state index contributed by atoms with van der Waals surface area (Å²) in [6.07, 6.45) is 1.77. The van der Waals surface area contributed by atoms with Crippen molar-refractivity contribution in [2.45, 2.75) is 50.3 Å². The van der Waals surface area contributed by atoms with Crippen LogP contribution < -0.4 is 16.0 Å². The highest BCUT2D eigenvalue weighted by molar-refractivity contribution is 8.01. The first-order valence-electron chi connectivity index (χ1n) is 13.7. The number of Topliss-reactive ketones (excluding diaryl/α,β-unsaturated/α-hetero) is 1. The number of hydrogen-bond acceptors (Lipinski definition) is 10. The summed E-state index contributed by atoms with van der Waals surface area (Å²) in [6, 6.07) is 16.4. The molecule has 1 atom stereocenters. The Hall–Kier alpha value is -4.47. The molecule has 5 rings (SSSR count). The van der Waals surface area contributed by atoms with Gasteiger partial charge in [-0.25, -0.2) is 4.79 Å². The molecule has 43 heavy (non-hydrogen) atoms. The molecule has 220 valence electrons. The van der Waals surface area contributed by atoms with Crippen LogP contribution in [0.5, 0.6) is 0 Å². The van der Waals surface area contributed by atoms with Gasteiger partial charge in [-0.3, -0.25) is 14.5 Å². The van der Waals surface area contributed by atoms with Gasteiger partial charge in [-0.15, -0.1) is 10.2 Å². The second-order valence-corrected chi connectivity index (χ2v) is 13.3. The summed E-state index contributed by atoms with van der Waals surface area (Å²) < 4.78 is 0.476. The van der Waals surface area contributed by atoms with E-state index in [0.29, 0.717) is 33.6 Å². The van der Waals surface area contributed by atoms with Gasteiger partial charge in [-0.1, -0.05) is 80.3 Å². The molecule has 1 unspecified atom stereocenters. The van der Waals surface area contributed by atoms with Crippen LogP contribution in [0.4, 0.5) is 10.8 Å². The molecule has 0 radical (unpaired) electrons. The third kappa shape index (κ3) is 6.04. The molecule has 10 nitrogen and oxygen atoms in total. The lowest BCUT2D eigenvalue weighted by molar-refractivity contribution is -0.118. The molecule has 0 fully saturated rings. The predicted molar refractivity (Wildman–Crippen MR) is 166 cm³/mol. The molecule has 12 heteroatoms. The summed E-state index contributed by atoms with van der Waals surface area (Å²) in [6.45, 7) is 6.12. The van der Waals surface area contributed by atoms with Crippen LogP contribution >= 0.6 is 23.1 Å². The number of amides is 1. The number of nitrogens with two attached hydrogens (primary N) is 1. The van der Waals surface area contributed by atoms with E-state index >= 15 is 0 Å². The summed E-state index contributed by atoms with van der Waals surface area (Å²) in [4.78, 5) is 39.5. The SMILES string of the molecule is CCc1ccc(C2C(C#N)=C(N)N(c3nnc(SCC(=O)Nc4ccccc4C(=O)O)s3)C3=C2C(=O)CC(C)(C)C3)cc1. The lowest BCUT2D eigenvalue weighted by Crippen LogP contribution is -2.42. The molecular formula is C31H30N6O4S2. The molecule has 1 amide bonds. The minimum atomic E-state index is -1.14. The number of carbonyl (C=O) groups excluding carboxylic acids is 2. The van der Waals surface area contributed by atoms with Gasteiger partial charge in [0.05, 0.1) is 34.6 Å². The lowest BCUT2D eigenvalue weighted by Gasteiger charge is -2.42. The van der Waals surface area contributed by atoms with E-state index in [-0.39, 0.29) is 39.6 Å². The number of aromatic carboxylic acids is 1. The number of rotatable bonds is 8. The highest BCUT2D eigenvalue weighted by Crippen LogP contribution is 2.50. The third-order valence-corrected chi connectivity index (χ3v) is 9.49. The average molecular weight is 615 g/mol. The van der Waals surface area contributed by atoms with Crippen molar-refractivity contribution in [1.82, 2.24) is 10.2 Å². The first-order chi connectivity index (χ1) is 20.5. The van der Waals surface area contributed by atoms with E-state index in [1.54, 1.807) is 17.0 Å². The maximum Gasteiger partial charge on any atom is 0.337 e. The van der Waals surface area contributed by atoms with E-state index < -0.39 is 17.8 Å². The minimum absolute atomic E-state index is 0.00616. The van der Waals surface area contributed by atoms with E-state index in [2.05, 4.69) is 28.5 Å². The number of anilines is 2. The molecule has 4 N–H and O–H groups in total. The van der Waals surface area contributed by atoms with E-state index in [4.69, 9.17) is 5.73 Å². The first kappa shape index (κ1) is 30.0. The fourth-order valence-electron chi connectivity index (χ4n) is 5.45. The number of thioether (sulfide) groups is 1. The van der Waals surface area contributed by atoms with Gasteiger partial charge in [-0.2, -0.15) is 5.26 Å². The summed E-state index contributed by atoms with van der Waals surface area (Å²) in [5.41, 5.74) is 10.1. The minimum Gasteiger partial charge on any atom is -0.478 e. The standard InChI is InChI=1S/C31H30N6O4S2/c1-4-17-9-11-18(12-10-17)25-20(15-32)27(33)37(22-13-31(2,3)14-23(38)26(22)25)29-35-36-30(43-29)42-16-24(39)34-21-8-6-5-7-19(21)28(40)41/h5-12,25H,4,13-14,16,33H2,1-3H3,(H,34,39)(H,40,41). The van der Waals surface area contributed by atoms with Crippen LogP contribution in [0.2, 0.25) is 0 Å². The van der Waals surface area contributed by atoms with Gasteiger partial charge in [-0.05, 0) is 41.5 Å². The number of benzene rings is 2. The van der Waals surface area contributed by atoms with Crippen LogP contribution in [-0.2, 0) is 16.0 Å². The van der Waals surface area contributed by atoms with Gasteiger partial charge in [0.2, 0.25) is 11.0 Å². The number of aryl methyl sites for hydroxylation is 1. The van der Waals surface area contributed by atoms with Crippen molar-refractivity contribution in [3.05, 3.63) is 87.9 Å². The average Bonchev–Trinajstić information content (AvgIpc) is 3.43. The highest BCUT2D eigenvalue weighted by atomic mass is 32.2.